The molecule has 0 bridgehead atoms. The average molecular weight is 267 g/mol. The lowest BCUT2D eigenvalue weighted by Crippen LogP contribution is -2.37. The summed E-state index contributed by atoms with van der Waals surface area (Å²) in [5.41, 5.74) is 1.22. The van der Waals surface area contributed by atoms with Gasteiger partial charge in [-0.2, -0.15) is 0 Å². The van der Waals surface area contributed by atoms with Crippen LogP contribution < -0.4 is 5.32 Å². The van der Waals surface area contributed by atoms with Crippen molar-refractivity contribution in [2.75, 3.05) is 27.2 Å². The molecular formula is C13H21N3OS. The van der Waals surface area contributed by atoms with Crippen molar-refractivity contribution in [2.45, 2.75) is 26.2 Å². The second-order valence-electron chi connectivity index (χ2n) is 5.14. The smallest absolute Gasteiger partial charge is 0.223 e. The summed E-state index contributed by atoms with van der Waals surface area (Å²) < 4.78 is 0. The summed E-state index contributed by atoms with van der Waals surface area (Å²) >= 11 is 1.74. The van der Waals surface area contributed by atoms with E-state index in [0.717, 1.165) is 37.4 Å². The number of nitrogens with zero attached hydrogens (tertiary/aromatic N) is 2. The van der Waals surface area contributed by atoms with E-state index in [9.17, 15) is 4.79 Å². The standard InChI is InChI=1S/C13H21N3OS/c1-9-15-11-5-4-10(8-12(11)18-9)13(17)14-6-7-16(2)3/h10H,4-8H2,1-3H3,(H,14,17). The van der Waals surface area contributed by atoms with E-state index in [1.54, 1.807) is 11.3 Å². The van der Waals surface area contributed by atoms with Crippen molar-refractivity contribution in [1.82, 2.24) is 15.2 Å². The number of carbonyl (C=O) groups is 1. The highest BCUT2D eigenvalue weighted by Crippen LogP contribution is 2.29. The monoisotopic (exact) mass is 267 g/mol. The van der Waals surface area contributed by atoms with E-state index in [-0.39, 0.29) is 11.8 Å². The SMILES string of the molecule is Cc1nc2c(s1)CC(C(=O)NCCN(C)C)CC2. The van der Waals surface area contributed by atoms with Crippen molar-refractivity contribution in [3.05, 3.63) is 15.6 Å². The van der Waals surface area contributed by atoms with Gasteiger partial charge in [0.25, 0.3) is 0 Å². The van der Waals surface area contributed by atoms with Crippen LogP contribution in [0.15, 0.2) is 0 Å². The third-order valence-corrected chi connectivity index (χ3v) is 4.31. The first-order chi connectivity index (χ1) is 8.56. The lowest BCUT2D eigenvalue weighted by molar-refractivity contribution is -0.125. The van der Waals surface area contributed by atoms with E-state index in [2.05, 4.69) is 15.2 Å². The number of hydrogen-bond acceptors (Lipinski definition) is 4. The van der Waals surface area contributed by atoms with Crippen LogP contribution in [0.25, 0.3) is 0 Å². The minimum atomic E-state index is 0.138. The molecule has 1 aromatic rings. The number of thiazole rings is 1. The summed E-state index contributed by atoms with van der Waals surface area (Å²) in [6, 6.07) is 0. The first kappa shape index (κ1) is 13.5. The second kappa shape index (κ2) is 5.80. The van der Waals surface area contributed by atoms with Gasteiger partial charge in [-0.3, -0.25) is 4.79 Å². The second-order valence-corrected chi connectivity index (χ2v) is 6.42. The quantitative estimate of drug-likeness (QED) is 0.892. The number of carbonyl (C=O) groups excluding carboxylic acids is 1. The topological polar surface area (TPSA) is 45.2 Å². The minimum absolute atomic E-state index is 0.138. The Balaban J connectivity index is 1.86. The van der Waals surface area contributed by atoms with Crippen LogP contribution in [-0.4, -0.2) is 43.0 Å². The molecule has 18 heavy (non-hydrogen) atoms. The van der Waals surface area contributed by atoms with E-state index in [4.69, 9.17) is 0 Å². The molecule has 0 fully saturated rings. The number of fused-ring (bicyclic) bond motifs is 1. The fourth-order valence-corrected chi connectivity index (χ4v) is 3.34. The Hall–Kier alpha value is -0.940. The molecule has 4 nitrogen and oxygen atoms in total. The maximum absolute atomic E-state index is 12.1. The third-order valence-electron chi connectivity index (χ3n) is 3.28. The van der Waals surface area contributed by atoms with Crippen LogP contribution in [-0.2, 0) is 17.6 Å². The number of amides is 1. The van der Waals surface area contributed by atoms with E-state index in [1.807, 2.05) is 21.0 Å². The van der Waals surface area contributed by atoms with E-state index in [1.165, 1.54) is 10.6 Å². The third kappa shape index (κ3) is 3.29. The van der Waals surface area contributed by atoms with E-state index < -0.39 is 0 Å². The summed E-state index contributed by atoms with van der Waals surface area (Å²) in [7, 11) is 4.03. The molecule has 0 radical (unpaired) electrons. The Morgan fingerprint density at radius 2 is 2.33 bits per heavy atom. The number of aromatic nitrogens is 1. The van der Waals surface area contributed by atoms with Crippen molar-refractivity contribution in [3.63, 3.8) is 0 Å². The van der Waals surface area contributed by atoms with Gasteiger partial charge >= 0.3 is 0 Å². The molecule has 1 heterocycles. The molecule has 0 spiro atoms. The molecule has 1 unspecified atom stereocenters. The molecule has 2 rings (SSSR count). The van der Waals surface area contributed by atoms with Gasteiger partial charge in [0.15, 0.2) is 0 Å². The fraction of sp³-hybridized carbons (Fsp3) is 0.692. The predicted molar refractivity (Wildman–Crippen MR) is 73.9 cm³/mol. The Labute approximate surface area is 112 Å². The first-order valence-electron chi connectivity index (χ1n) is 6.44. The molecule has 1 atom stereocenters. The number of rotatable bonds is 4. The molecular weight excluding hydrogens is 246 g/mol. The molecule has 1 N–H and O–H groups in total. The van der Waals surface area contributed by atoms with E-state index in [0.29, 0.717) is 0 Å². The van der Waals surface area contributed by atoms with Crippen LogP contribution in [0.1, 0.15) is 22.0 Å². The summed E-state index contributed by atoms with van der Waals surface area (Å²) in [4.78, 5) is 19.9. The molecule has 1 aliphatic rings. The molecule has 1 aliphatic carbocycles. The van der Waals surface area contributed by atoms with Gasteiger partial charge in [-0.05, 0) is 40.3 Å². The van der Waals surface area contributed by atoms with Crippen LogP contribution in [0.2, 0.25) is 0 Å². The highest BCUT2D eigenvalue weighted by molar-refractivity contribution is 7.11. The van der Waals surface area contributed by atoms with Gasteiger partial charge in [0, 0.05) is 23.9 Å². The van der Waals surface area contributed by atoms with Gasteiger partial charge in [0.2, 0.25) is 5.91 Å². The molecule has 5 heteroatoms. The zero-order chi connectivity index (χ0) is 13.1. The van der Waals surface area contributed by atoms with Gasteiger partial charge in [-0.1, -0.05) is 0 Å². The van der Waals surface area contributed by atoms with Gasteiger partial charge < -0.3 is 10.2 Å². The Bertz CT molecular complexity index is 428. The highest BCUT2D eigenvalue weighted by atomic mass is 32.1. The number of aryl methyl sites for hydroxylation is 2. The summed E-state index contributed by atoms with van der Waals surface area (Å²) in [5, 5.41) is 4.14. The lowest BCUT2D eigenvalue weighted by atomic mass is 9.90. The summed E-state index contributed by atoms with van der Waals surface area (Å²) in [6.07, 6.45) is 2.75. The molecule has 100 valence electrons. The van der Waals surface area contributed by atoms with Gasteiger partial charge in [0.1, 0.15) is 0 Å². The molecule has 1 amide bonds. The molecule has 0 saturated carbocycles. The number of hydrogen-bond donors (Lipinski definition) is 1. The van der Waals surface area contributed by atoms with Gasteiger partial charge in [0.05, 0.1) is 10.7 Å². The molecule has 0 aliphatic heterocycles. The van der Waals surface area contributed by atoms with Gasteiger partial charge in [-0.15, -0.1) is 11.3 Å². The van der Waals surface area contributed by atoms with Crippen LogP contribution >= 0.6 is 11.3 Å². The van der Waals surface area contributed by atoms with Gasteiger partial charge in [-0.25, -0.2) is 4.98 Å². The largest absolute Gasteiger partial charge is 0.355 e. The van der Waals surface area contributed by atoms with Crippen LogP contribution in [0.5, 0.6) is 0 Å². The highest BCUT2D eigenvalue weighted by Gasteiger charge is 2.26. The minimum Gasteiger partial charge on any atom is -0.355 e. The maximum atomic E-state index is 12.1. The Morgan fingerprint density at radius 1 is 1.56 bits per heavy atom. The van der Waals surface area contributed by atoms with Crippen LogP contribution in [0.3, 0.4) is 0 Å². The zero-order valence-electron chi connectivity index (χ0n) is 11.3. The number of likely N-dealkylation sites (N-methyl/N-ethyl adjacent to an activating group) is 1. The van der Waals surface area contributed by atoms with Crippen LogP contribution in [0, 0.1) is 12.8 Å². The molecule has 1 aromatic heterocycles. The zero-order valence-corrected chi connectivity index (χ0v) is 12.1. The lowest BCUT2D eigenvalue weighted by Gasteiger charge is -2.21. The van der Waals surface area contributed by atoms with E-state index >= 15 is 0 Å². The number of nitrogens with one attached hydrogen (secondary N) is 1. The summed E-state index contributed by atoms with van der Waals surface area (Å²) in [5.74, 6) is 0.341. The van der Waals surface area contributed by atoms with Crippen molar-refractivity contribution >= 4 is 17.2 Å². The van der Waals surface area contributed by atoms with Crippen LogP contribution in [0.4, 0.5) is 0 Å². The van der Waals surface area contributed by atoms with Crippen molar-refractivity contribution in [2.24, 2.45) is 5.92 Å². The van der Waals surface area contributed by atoms with Crippen molar-refractivity contribution in [1.29, 1.82) is 0 Å². The molecule has 0 aromatic carbocycles. The fourth-order valence-electron chi connectivity index (χ4n) is 2.27. The normalized spacial score (nSPS) is 18.8. The summed E-state index contributed by atoms with van der Waals surface area (Å²) in [6.45, 7) is 3.66. The first-order valence-corrected chi connectivity index (χ1v) is 7.25. The van der Waals surface area contributed by atoms with Crippen molar-refractivity contribution in [3.8, 4) is 0 Å². The molecule has 0 saturated heterocycles. The van der Waals surface area contributed by atoms with Crippen molar-refractivity contribution < 1.29 is 4.79 Å². The Kier molecular flexibility index (Phi) is 4.35. The predicted octanol–water partition coefficient (Wildman–Crippen LogP) is 1.23. The maximum Gasteiger partial charge on any atom is 0.223 e. The Morgan fingerprint density at radius 3 is 3.06 bits per heavy atom. The average Bonchev–Trinajstić information content (AvgIpc) is 2.67.